The molecule has 23 heavy (non-hydrogen) atoms. The number of hydrogen-bond acceptors (Lipinski definition) is 6. The lowest BCUT2D eigenvalue weighted by atomic mass is 10.2. The number of fused-ring (bicyclic) bond motifs is 1. The summed E-state index contributed by atoms with van der Waals surface area (Å²) in [7, 11) is -3.56. The Labute approximate surface area is 143 Å². The molecule has 0 atom stereocenters. The first-order valence-electron chi connectivity index (χ1n) is 6.99. The molecule has 0 radical (unpaired) electrons. The topological polar surface area (TPSA) is 72.0 Å². The molecule has 0 unspecified atom stereocenters. The molecule has 3 rings (SSSR count). The fourth-order valence-electron chi connectivity index (χ4n) is 2.09. The van der Waals surface area contributed by atoms with E-state index in [1.165, 1.54) is 5.56 Å². The number of nitrogens with zero attached hydrogens (tertiary/aromatic N) is 2. The van der Waals surface area contributed by atoms with E-state index in [1.54, 1.807) is 30.0 Å². The summed E-state index contributed by atoms with van der Waals surface area (Å²) in [6.45, 7) is 0.383. The number of aromatic nitrogens is 2. The summed E-state index contributed by atoms with van der Waals surface area (Å²) >= 11 is 2.71. The van der Waals surface area contributed by atoms with Crippen LogP contribution >= 0.6 is 23.5 Å². The molecule has 0 aliphatic carbocycles. The van der Waals surface area contributed by atoms with Crippen molar-refractivity contribution in [1.82, 2.24) is 13.5 Å². The van der Waals surface area contributed by atoms with Crippen molar-refractivity contribution in [2.24, 2.45) is 0 Å². The van der Waals surface area contributed by atoms with Gasteiger partial charge in [0, 0.05) is 18.1 Å². The third kappa shape index (κ3) is 4.08. The highest BCUT2D eigenvalue weighted by Crippen LogP contribution is 2.20. The Balaban J connectivity index is 1.56. The number of benzene rings is 2. The van der Waals surface area contributed by atoms with Gasteiger partial charge in [-0.3, -0.25) is 0 Å². The smallest absolute Gasteiger partial charge is 0.210 e. The normalized spacial score (nSPS) is 11.8. The molecule has 0 saturated heterocycles. The number of hydrogen-bond donors (Lipinski definition) is 1. The molecule has 1 heterocycles. The Morgan fingerprint density at radius 1 is 1.04 bits per heavy atom. The van der Waals surface area contributed by atoms with E-state index in [-0.39, 0.29) is 4.90 Å². The first-order valence-corrected chi connectivity index (χ1v) is 10.4. The molecular formula is C15H15N3O2S3. The Kier molecular flexibility index (Phi) is 5.27. The van der Waals surface area contributed by atoms with Crippen molar-refractivity contribution in [3.05, 3.63) is 54.1 Å². The van der Waals surface area contributed by atoms with Crippen molar-refractivity contribution in [3.63, 3.8) is 0 Å². The molecule has 120 valence electrons. The summed E-state index contributed by atoms with van der Waals surface area (Å²) in [5.74, 6) is 1.58. The predicted octanol–water partition coefficient (Wildman–Crippen LogP) is 2.90. The highest BCUT2D eigenvalue weighted by atomic mass is 32.2. The maximum Gasteiger partial charge on any atom is 0.242 e. The van der Waals surface area contributed by atoms with E-state index in [4.69, 9.17) is 0 Å². The maximum absolute atomic E-state index is 12.4. The van der Waals surface area contributed by atoms with Crippen LogP contribution < -0.4 is 4.72 Å². The van der Waals surface area contributed by atoms with Gasteiger partial charge in [0.25, 0.3) is 0 Å². The van der Waals surface area contributed by atoms with Gasteiger partial charge in [-0.15, -0.1) is 0 Å². The van der Waals surface area contributed by atoms with Crippen LogP contribution in [0.5, 0.6) is 0 Å². The third-order valence-electron chi connectivity index (χ3n) is 3.19. The quantitative estimate of drug-likeness (QED) is 0.652. The van der Waals surface area contributed by atoms with Crippen LogP contribution in [0.25, 0.3) is 11.0 Å². The lowest BCUT2D eigenvalue weighted by Crippen LogP contribution is -2.26. The van der Waals surface area contributed by atoms with Crippen molar-refractivity contribution in [2.45, 2.75) is 10.6 Å². The lowest BCUT2D eigenvalue weighted by Gasteiger charge is -2.07. The van der Waals surface area contributed by atoms with Crippen LogP contribution in [0.1, 0.15) is 5.56 Å². The molecule has 1 aromatic heterocycles. The molecular weight excluding hydrogens is 350 g/mol. The monoisotopic (exact) mass is 365 g/mol. The molecule has 0 saturated carbocycles. The highest BCUT2D eigenvalue weighted by Gasteiger charge is 2.18. The first kappa shape index (κ1) is 16.4. The van der Waals surface area contributed by atoms with E-state index in [1.807, 2.05) is 18.2 Å². The summed E-state index contributed by atoms with van der Waals surface area (Å²) < 4.78 is 35.6. The number of rotatable bonds is 7. The molecule has 5 nitrogen and oxygen atoms in total. The Morgan fingerprint density at radius 3 is 2.70 bits per heavy atom. The van der Waals surface area contributed by atoms with Gasteiger partial charge in [0.1, 0.15) is 15.9 Å². The Hall–Kier alpha value is -1.48. The molecule has 0 amide bonds. The molecule has 3 aromatic rings. The van der Waals surface area contributed by atoms with Crippen molar-refractivity contribution >= 4 is 44.5 Å². The SMILES string of the molecule is O=S(=O)(NCCSCc1ccccc1)c1cccc2nsnc12. The van der Waals surface area contributed by atoms with Crippen LogP contribution in [0.15, 0.2) is 53.4 Å². The zero-order valence-corrected chi connectivity index (χ0v) is 14.6. The van der Waals surface area contributed by atoms with Crippen molar-refractivity contribution in [2.75, 3.05) is 12.3 Å². The number of nitrogens with one attached hydrogen (secondary N) is 1. The van der Waals surface area contributed by atoms with Gasteiger partial charge < -0.3 is 0 Å². The fourth-order valence-corrected chi connectivity index (χ4v) is 4.83. The molecule has 0 aliphatic heterocycles. The van der Waals surface area contributed by atoms with Gasteiger partial charge in [0.15, 0.2) is 0 Å². The van der Waals surface area contributed by atoms with Gasteiger partial charge in [-0.2, -0.15) is 20.5 Å². The van der Waals surface area contributed by atoms with Gasteiger partial charge in [0.2, 0.25) is 10.0 Å². The van der Waals surface area contributed by atoms with Crippen LogP contribution in [0, 0.1) is 0 Å². The minimum Gasteiger partial charge on any atom is -0.210 e. The summed E-state index contributed by atoms with van der Waals surface area (Å²) in [6.07, 6.45) is 0. The van der Waals surface area contributed by atoms with E-state index in [9.17, 15) is 8.42 Å². The average Bonchev–Trinajstić information content (AvgIpc) is 3.04. The fraction of sp³-hybridized carbons (Fsp3) is 0.200. The summed E-state index contributed by atoms with van der Waals surface area (Å²) in [5, 5.41) is 0. The molecule has 2 aromatic carbocycles. The van der Waals surface area contributed by atoms with Gasteiger partial charge in [-0.25, -0.2) is 13.1 Å². The van der Waals surface area contributed by atoms with E-state index < -0.39 is 10.0 Å². The highest BCUT2D eigenvalue weighted by molar-refractivity contribution is 7.98. The molecule has 0 aliphatic rings. The van der Waals surface area contributed by atoms with Crippen molar-refractivity contribution in [3.8, 4) is 0 Å². The second kappa shape index (κ2) is 7.39. The van der Waals surface area contributed by atoms with Crippen LogP contribution in [0.2, 0.25) is 0 Å². The lowest BCUT2D eigenvalue weighted by molar-refractivity contribution is 0.585. The Morgan fingerprint density at radius 2 is 1.87 bits per heavy atom. The minimum absolute atomic E-state index is 0.191. The average molecular weight is 366 g/mol. The molecule has 0 bridgehead atoms. The first-order chi connectivity index (χ1) is 11.2. The zero-order chi connectivity index (χ0) is 16.1. The van der Waals surface area contributed by atoms with Gasteiger partial charge in [-0.05, 0) is 17.7 Å². The van der Waals surface area contributed by atoms with E-state index >= 15 is 0 Å². The second-order valence-electron chi connectivity index (χ2n) is 4.82. The molecule has 1 N–H and O–H groups in total. The Bertz CT molecular complexity index is 879. The van der Waals surface area contributed by atoms with E-state index in [0.29, 0.717) is 23.3 Å². The van der Waals surface area contributed by atoms with Crippen LogP contribution in [-0.2, 0) is 15.8 Å². The van der Waals surface area contributed by atoms with Crippen molar-refractivity contribution in [1.29, 1.82) is 0 Å². The molecule has 0 fully saturated rings. The minimum atomic E-state index is -3.56. The number of thioether (sulfide) groups is 1. The second-order valence-corrected chi connectivity index (χ2v) is 8.19. The largest absolute Gasteiger partial charge is 0.242 e. The van der Waals surface area contributed by atoms with Gasteiger partial charge in [0.05, 0.1) is 11.7 Å². The number of sulfonamides is 1. The van der Waals surface area contributed by atoms with Crippen LogP contribution in [0.3, 0.4) is 0 Å². The van der Waals surface area contributed by atoms with E-state index in [2.05, 4.69) is 25.6 Å². The van der Waals surface area contributed by atoms with Gasteiger partial charge in [-0.1, -0.05) is 36.4 Å². The summed E-state index contributed by atoms with van der Waals surface area (Å²) in [6, 6.07) is 15.1. The van der Waals surface area contributed by atoms with Crippen LogP contribution in [-0.4, -0.2) is 29.5 Å². The molecule has 8 heteroatoms. The summed E-state index contributed by atoms with van der Waals surface area (Å²) in [4.78, 5) is 0.191. The van der Waals surface area contributed by atoms with Gasteiger partial charge >= 0.3 is 0 Å². The summed E-state index contributed by atoms with van der Waals surface area (Å²) in [5.41, 5.74) is 2.27. The van der Waals surface area contributed by atoms with Crippen molar-refractivity contribution < 1.29 is 8.42 Å². The predicted molar refractivity (Wildman–Crippen MR) is 95.2 cm³/mol. The van der Waals surface area contributed by atoms with E-state index in [0.717, 1.165) is 17.5 Å². The zero-order valence-electron chi connectivity index (χ0n) is 12.2. The molecule has 0 spiro atoms. The maximum atomic E-state index is 12.4. The third-order valence-corrected chi connectivity index (χ3v) is 6.25. The van der Waals surface area contributed by atoms with Crippen LogP contribution in [0.4, 0.5) is 0 Å². The standard InChI is InChI=1S/C15H15N3O2S3/c19-23(20,14-8-4-7-13-15(14)18-22-17-13)16-9-10-21-11-12-5-2-1-3-6-12/h1-8,16H,9-11H2.